The summed E-state index contributed by atoms with van der Waals surface area (Å²) >= 11 is 0. The second-order valence-electron chi connectivity index (χ2n) is 6.13. The zero-order valence-corrected chi connectivity index (χ0v) is 14.4. The van der Waals surface area contributed by atoms with E-state index in [2.05, 4.69) is 22.7 Å². The van der Waals surface area contributed by atoms with Gasteiger partial charge in [-0.3, -0.25) is 9.48 Å². The normalized spacial score (nSPS) is 17.8. The molecule has 0 saturated carbocycles. The van der Waals surface area contributed by atoms with E-state index in [0.717, 1.165) is 30.0 Å². The lowest BCUT2D eigenvalue weighted by Gasteiger charge is -2.26. The highest BCUT2D eigenvalue weighted by molar-refractivity contribution is 5.97. The minimum absolute atomic E-state index is 0.0694. The Morgan fingerprint density at radius 2 is 2.25 bits per heavy atom. The number of rotatable bonds is 6. The molecule has 6 heteroatoms. The van der Waals surface area contributed by atoms with Crippen molar-refractivity contribution in [3.8, 4) is 5.75 Å². The predicted octanol–water partition coefficient (Wildman–Crippen LogP) is 2.42. The molecule has 0 spiro atoms. The molecule has 1 aromatic carbocycles. The van der Waals surface area contributed by atoms with Crippen molar-refractivity contribution in [2.24, 2.45) is 7.05 Å². The molecular weight excluding hydrogens is 304 g/mol. The summed E-state index contributed by atoms with van der Waals surface area (Å²) in [4.78, 5) is 11.8. The zero-order valence-electron chi connectivity index (χ0n) is 14.4. The number of ether oxygens (including phenoxy) is 1. The molecule has 1 aliphatic heterocycles. The third kappa shape index (κ3) is 3.43. The molecule has 2 heterocycles. The highest BCUT2D eigenvalue weighted by atomic mass is 16.5. The van der Waals surface area contributed by atoms with Gasteiger partial charge in [-0.1, -0.05) is 13.0 Å². The fourth-order valence-corrected chi connectivity index (χ4v) is 2.88. The number of carbonyl (C=O) groups is 1. The topological polar surface area (TPSA) is 68.2 Å². The molecular formula is C18H24N4O2. The number of benzene rings is 1. The third-order valence-electron chi connectivity index (χ3n) is 4.45. The van der Waals surface area contributed by atoms with Crippen molar-refractivity contribution in [1.82, 2.24) is 15.1 Å². The maximum Gasteiger partial charge on any atom is 0.265 e. The second kappa shape index (κ2) is 7.05. The molecule has 0 aliphatic carbocycles. The minimum atomic E-state index is -0.402. The number of nitrogens with one attached hydrogen (secondary N) is 2. The van der Waals surface area contributed by atoms with Gasteiger partial charge >= 0.3 is 0 Å². The summed E-state index contributed by atoms with van der Waals surface area (Å²) in [6.45, 7) is 4.94. The number of aromatic nitrogens is 2. The number of aryl methyl sites for hydroxylation is 1. The Kier molecular flexibility index (Phi) is 4.85. The highest BCUT2D eigenvalue weighted by Gasteiger charge is 2.26. The average Bonchev–Trinajstić information content (AvgIpc) is 2.99. The summed E-state index contributed by atoms with van der Waals surface area (Å²) in [5, 5.41) is 10.6. The van der Waals surface area contributed by atoms with Crippen LogP contribution in [-0.4, -0.2) is 28.3 Å². The maximum absolute atomic E-state index is 11.8. The molecule has 2 N–H and O–H groups in total. The van der Waals surface area contributed by atoms with E-state index in [0.29, 0.717) is 6.42 Å². The molecule has 3 rings (SSSR count). The lowest BCUT2D eigenvalue weighted by atomic mass is 10.1. The fourth-order valence-electron chi connectivity index (χ4n) is 2.88. The smallest absolute Gasteiger partial charge is 0.265 e. The molecule has 0 bridgehead atoms. The Morgan fingerprint density at radius 3 is 2.96 bits per heavy atom. The van der Waals surface area contributed by atoms with E-state index in [1.807, 2.05) is 49.1 Å². The van der Waals surface area contributed by atoms with Crippen LogP contribution in [0.15, 0.2) is 30.5 Å². The van der Waals surface area contributed by atoms with Gasteiger partial charge in [0.25, 0.3) is 5.91 Å². The molecule has 128 valence electrons. The molecule has 24 heavy (non-hydrogen) atoms. The summed E-state index contributed by atoms with van der Waals surface area (Å²) in [7, 11) is 1.96. The first-order valence-electron chi connectivity index (χ1n) is 8.40. The van der Waals surface area contributed by atoms with Gasteiger partial charge in [-0.2, -0.15) is 5.10 Å². The van der Waals surface area contributed by atoms with Crippen LogP contribution in [0.1, 0.15) is 37.6 Å². The van der Waals surface area contributed by atoms with Crippen LogP contribution in [0.3, 0.4) is 0 Å². The molecule has 1 aliphatic rings. The Bertz CT molecular complexity index is 726. The summed E-state index contributed by atoms with van der Waals surface area (Å²) < 4.78 is 7.71. The van der Waals surface area contributed by atoms with Gasteiger partial charge in [0.15, 0.2) is 6.10 Å². The van der Waals surface area contributed by atoms with Crippen molar-refractivity contribution in [1.29, 1.82) is 0 Å². The zero-order chi connectivity index (χ0) is 17.1. The van der Waals surface area contributed by atoms with Crippen LogP contribution in [0.4, 0.5) is 5.69 Å². The van der Waals surface area contributed by atoms with Crippen molar-refractivity contribution in [3.63, 3.8) is 0 Å². The lowest BCUT2D eigenvalue weighted by molar-refractivity contribution is -0.123. The van der Waals surface area contributed by atoms with E-state index >= 15 is 0 Å². The Balaban J connectivity index is 1.62. The van der Waals surface area contributed by atoms with Crippen molar-refractivity contribution in [2.75, 3.05) is 11.9 Å². The summed E-state index contributed by atoms with van der Waals surface area (Å²) in [5.74, 6) is 0.680. The molecule has 0 saturated heterocycles. The molecule has 0 unspecified atom stereocenters. The molecule has 0 radical (unpaired) electrons. The molecule has 6 nitrogen and oxygen atoms in total. The van der Waals surface area contributed by atoms with Gasteiger partial charge in [0.1, 0.15) is 5.75 Å². The van der Waals surface area contributed by atoms with E-state index in [-0.39, 0.29) is 11.9 Å². The van der Waals surface area contributed by atoms with Crippen LogP contribution in [0.2, 0.25) is 0 Å². The SMILES string of the molecule is CC[C@@H]1Oc2cc([C@H](C)NCCc3ccnn3C)ccc2NC1=O. The van der Waals surface area contributed by atoms with Crippen molar-refractivity contribution < 1.29 is 9.53 Å². The first-order valence-corrected chi connectivity index (χ1v) is 8.40. The van der Waals surface area contributed by atoms with Crippen molar-refractivity contribution in [2.45, 2.75) is 38.8 Å². The van der Waals surface area contributed by atoms with Crippen LogP contribution in [-0.2, 0) is 18.3 Å². The first-order chi connectivity index (χ1) is 11.6. The van der Waals surface area contributed by atoms with Gasteiger partial charge in [-0.25, -0.2) is 0 Å². The van der Waals surface area contributed by atoms with Crippen molar-refractivity contribution in [3.05, 3.63) is 41.7 Å². The van der Waals surface area contributed by atoms with Crippen LogP contribution >= 0.6 is 0 Å². The van der Waals surface area contributed by atoms with E-state index < -0.39 is 6.10 Å². The van der Waals surface area contributed by atoms with Gasteiger partial charge < -0.3 is 15.4 Å². The number of hydrogen-bond acceptors (Lipinski definition) is 4. The standard InChI is InChI=1S/C18H24N4O2/c1-4-16-18(23)21-15-6-5-13(11-17(15)24-16)12(2)19-9-7-14-8-10-20-22(14)3/h5-6,8,10-12,16,19H,4,7,9H2,1-3H3,(H,21,23)/t12-,16-/m0/s1. The van der Waals surface area contributed by atoms with Crippen LogP contribution < -0.4 is 15.4 Å². The molecule has 2 aromatic rings. The summed E-state index contributed by atoms with van der Waals surface area (Å²) in [6, 6.07) is 8.18. The number of nitrogens with zero attached hydrogens (tertiary/aromatic N) is 2. The van der Waals surface area contributed by atoms with Crippen LogP contribution in [0.25, 0.3) is 0 Å². The maximum atomic E-state index is 11.8. The van der Waals surface area contributed by atoms with E-state index in [1.165, 1.54) is 5.69 Å². The van der Waals surface area contributed by atoms with Crippen LogP contribution in [0, 0.1) is 0 Å². The lowest BCUT2D eigenvalue weighted by Crippen LogP contribution is -2.36. The Labute approximate surface area is 142 Å². The van der Waals surface area contributed by atoms with Gasteiger partial charge in [0, 0.05) is 37.9 Å². The van der Waals surface area contributed by atoms with Crippen LogP contribution in [0.5, 0.6) is 5.75 Å². The first kappa shape index (κ1) is 16.5. The average molecular weight is 328 g/mol. The minimum Gasteiger partial charge on any atom is -0.478 e. The van der Waals surface area contributed by atoms with Gasteiger partial charge in [-0.15, -0.1) is 0 Å². The van der Waals surface area contributed by atoms with E-state index in [9.17, 15) is 4.79 Å². The summed E-state index contributed by atoms with van der Waals surface area (Å²) in [5.41, 5.74) is 3.09. The molecule has 1 amide bonds. The van der Waals surface area contributed by atoms with Crippen molar-refractivity contribution >= 4 is 11.6 Å². The fraction of sp³-hybridized carbons (Fsp3) is 0.444. The quantitative estimate of drug-likeness (QED) is 0.854. The van der Waals surface area contributed by atoms with Gasteiger partial charge in [0.05, 0.1) is 5.69 Å². The van der Waals surface area contributed by atoms with E-state index in [1.54, 1.807) is 0 Å². The summed E-state index contributed by atoms with van der Waals surface area (Å²) in [6.07, 6.45) is 3.00. The number of anilines is 1. The highest BCUT2D eigenvalue weighted by Crippen LogP contribution is 2.32. The monoisotopic (exact) mass is 328 g/mol. The van der Waals surface area contributed by atoms with Gasteiger partial charge in [-0.05, 0) is 37.1 Å². The number of fused-ring (bicyclic) bond motifs is 1. The Morgan fingerprint density at radius 1 is 1.42 bits per heavy atom. The number of carbonyl (C=O) groups excluding carboxylic acids is 1. The third-order valence-corrected chi connectivity index (χ3v) is 4.45. The Hall–Kier alpha value is -2.34. The molecule has 0 fully saturated rings. The molecule has 1 aromatic heterocycles. The predicted molar refractivity (Wildman–Crippen MR) is 93.1 cm³/mol. The van der Waals surface area contributed by atoms with E-state index in [4.69, 9.17) is 4.74 Å². The number of amides is 1. The largest absolute Gasteiger partial charge is 0.478 e. The second-order valence-corrected chi connectivity index (χ2v) is 6.13. The molecule has 2 atom stereocenters. The van der Waals surface area contributed by atoms with Gasteiger partial charge in [0.2, 0.25) is 0 Å². The number of hydrogen-bond donors (Lipinski definition) is 2.